The highest BCUT2D eigenvalue weighted by atomic mass is 16.5. The predicted octanol–water partition coefficient (Wildman–Crippen LogP) is 3.32. The maximum absolute atomic E-state index is 11.6. The van der Waals surface area contributed by atoms with Crippen molar-refractivity contribution in [1.82, 2.24) is 5.32 Å². The van der Waals surface area contributed by atoms with Crippen molar-refractivity contribution in [3.8, 4) is 11.1 Å². The van der Waals surface area contributed by atoms with Crippen molar-refractivity contribution in [2.45, 2.75) is 25.1 Å². The molecule has 0 bridgehead atoms. The van der Waals surface area contributed by atoms with Crippen molar-refractivity contribution >= 4 is 17.6 Å². The van der Waals surface area contributed by atoms with Crippen molar-refractivity contribution in [2.24, 2.45) is 5.11 Å². The molecule has 30 heavy (non-hydrogen) atoms. The van der Waals surface area contributed by atoms with Crippen LogP contribution in [0.5, 0.6) is 0 Å². The summed E-state index contributed by atoms with van der Waals surface area (Å²) in [5.74, 6) is -1.93. The summed E-state index contributed by atoms with van der Waals surface area (Å²) >= 11 is 0. The Balaban J connectivity index is 1.75. The number of nitrogens with one attached hydrogen (secondary N) is 2. The molecule has 0 spiro atoms. The van der Waals surface area contributed by atoms with E-state index in [0.717, 1.165) is 16.8 Å². The molecule has 0 radical (unpaired) electrons. The Labute approximate surface area is 173 Å². The van der Waals surface area contributed by atoms with Gasteiger partial charge in [-0.25, -0.2) is 4.79 Å². The van der Waals surface area contributed by atoms with Crippen LogP contribution in [-0.2, 0) is 14.3 Å². The number of nitrogens with zero attached hydrogens (tertiary/aromatic N) is 3. The Morgan fingerprint density at radius 3 is 2.40 bits per heavy atom. The molecule has 1 unspecified atom stereocenters. The lowest BCUT2D eigenvalue weighted by molar-refractivity contribution is -0.138. The number of azide groups is 1. The van der Waals surface area contributed by atoms with Gasteiger partial charge in [-0.15, -0.1) is 0 Å². The fourth-order valence-corrected chi connectivity index (χ4v) is 3.25. The van der Waals surface area contributed by atoms with Crippen LogP contribution < -0.4 is 10.6 Å². The van der Waals surface area contributed by atoms with Crippen LogP contribution in [0.15, 0.2) is 71.5 Å². The molecule has 3 atom stereocenters. The summed E-state index contributed by atoms with van der Waals surface area (Å²) in [5.41, 5.74) is 11.8. The minimum absolute atomic E-state index is 0.192. The molecule has 0 saturated carbocycles. The highest BCUT2D eigenvalue weighted by Crippen LogP contribution is 2.24. The molecule has 2 aromatic carbocycles. The molecular weight excluding hydrogens is 386 g/mol. The summed E-state index contributed by atoms with van der Waals surface area (Å²) in [6, 6.07) is 16.1. The maximum Gasteiger partial charge on any atom is 0.370 e. The number of carboxylic acid groups (broad SMARTS) is 1. The number of hydrogen-bond donors (Lipinski definition) is 3. The van der Waals surface area contributed by atoms with Gasteiger partial charge in [0.05, 0.1) is 18.6 Å². The number of carboxylic acids is 1. The molecule has 0 aliphatic carbocycles. The molecule has 0 saturated heterocycles. The Morgan fingerprint density at radius 2 is 1.80 bits per heavy atom. The zero-order valence-corrected chi connectivity index (χ0v) is 16.2. The quantitative estimate of drug-likeness (QED) is 0.367. The van der Waals surface area contributed by atoms with E-state index in [1.54, 1.807) is 0 Å². The smallest absolute Gasteiger partial charge is 0.370 e. The van der Waals surface area contributed by atoms with Gasteiger partial charge in [0.25, 0.3) is 0 Å². The van der Waals surface area contributed by atoms with Crippen molar-refractivity contribution < 1.29 is 19.4 Å². The average molecular weight is 407 g/mol. The zero-order valence-electron chi connectivity index (χ0n) is 16.2. The van der Waals surface area contributed by atoms with Crippen LogP contribution in [-0.4, -0.2) is 41.7 Å². The van der Waals surface area contributed by atoms with E-state index in [-0.39, 0.29) is 18.2 Å². The summed E-state index contributed by atoms with van der Waals surface area (Å²) in [6.07, 6.45) is 0.447. The van der Waals surface area contributed by atoms with Crippen LogP contribution in [0.4, 0.5) is 5.69 Å². The molecule has 154 valence electrons. The second-order valence-electron chi connectivity index (χ2n) is 6.74. The van der Waals surface area contributed by atoms with Gasteiger partial charge in [-0.05, 0) is 34.9 Å². The monoisotopic (exact) mass is 407 g/mol. The highest BCUT2D eigenvalue weighted by molar-refractivity contribution is 5.84. The third-order valence-corrected chi connectivity index (χ3v) is 4.63. The minimum Gasteiger partial charge on any atom is -0.479 e. The summed E-state index contributed by atoms with van der Waals surface area (Å²) < 4.78 is 5.55. The fourth-order valence-electron chi connectivity index (χ4n) is 3.25. The van der Waals surface area contributed by atoms with Crippen LogP contribution in [0.1, 0.15) is 6.92 Å². The molecule has 9 heteroatoms. The van der Waals surface area contributed by atoms with Crippen LogP contribution in [0.3, 0.4) is 0 Å². The lowest BCUT2D eigenvalue weighted by Crippen LogP contribution is -2.54. The van der Waals surface area contributed by atoms with Gasteiger partial charge in [0.1, 0.15) is 6.10 Å². The number of ether oxygens (including phenoxy) is 1. The van der Waals surface area contributed by atoms with Gasteiger partial charge in [0.2, 0.25) is 11.7 Å². The third kappa shape index (κ3) is 5.09. The van der Waals surface area contributed by atoms with Crippen molar-refractivity contribution in [3.05, 3.63) is 76.9 Å². The number of anilines is 1. The summed E-state index contributed by atoms with van der Waals surface area (Å²) in [6.45, 7) is 1.52. The fraction of sp³-hybridized carbons (Fsp3) is 0.238. The van der Waals surface area contributed by atoms with Crippen LogP contribution in [0.2, 0.25) is 0 Å². The summed E-state index contributed by atoms with van der Waals surface area (Å²) in [5, 5.41) is 18.8. The van der Waals surface area contributed by atoms with E-state index < -0.39 is 24.2 Å². The molecule has 3 N–H and O–H groups in total. The molecule has 1 aliphatic rings. The van der Waals surface area contributed by atoms with E-state index in [9.17, 15) is 14.7 Å². The van der Waals surface area contributed by atoms with E-state index in [1.165, 1.54) is 13.0 Å². The largest absolute Gasteiger partial charge is 0.479 e. The number of carbonyl (C=O) groups excluding carboxylic acids is 1. The molecule has 9 nitrogen and oxygen atoms in total. The van der Waals surface area contributed by atoms with Gasteiger partial charge >= 0.3 is 5.97 Å². The van der Waals surface area contributed by atoms with Crippen LogP contribution in [0.25, 0.3) is 21.6 Å². The topological polar surface area (TPSA) is 136 Å². The first-order valence-corrected chi connectivity index (χ1v) is 9.30. The number of hydrogen-bond acceptors (Lipinski definition) is 5. The lowest BCUT2D eigenvalue weighted by Gasteiger charge is -2.35. The highest BCUT2D eigenvalue weighted by Gasteiger charge is 2.37. The minimum atomic E-state index is -1.27. The van der Waals surface area contributed by atoms with Gasteiger partial charge in [-0.2, -0.15) is 0 Å². The first-order chi connectivity index (χ1) is 14.5. The number of benzene rings is 2. The van der Waals surface area contributed by atoms with Gasteiger partial charge in [-0.3, -0.25) is 4.79 Å². The number of aliphatic carboxylic acids is 1. The number of amides is 1. The third-order valence-electron chi connectivity index (χ3n) is 4.63. The molecule has 1 amide bonds. The number of rotatable bonds is 7. The Bertz CT molecular complexity index is 984. The van der Waals surface area contributed by atoms with E-state index >= 15 is 0 Å². The van der Waals surface area contributed by atoms with E-state index in [1.807, 2.05) is 54.6 Å². The Kier molecular flexibility index (Phi) is 6.56. The van der Waals surface area contributed by atoms with Gasteiger partial charge in [0.15, 0.2) is 0 Å². The summed E-state index contributed by atoms with van der Waals surface area (Å²) in [7, 11) is 0. The lowest BCUT2D eigenvalue weighted by atomic mass is 9.98. The summed E-state index contributed by atoms with van der Waals surface area (Å²) in [4.78, 5) is 25.8. The first-order valence-electron chi connectivity index (χ1n) is 9.30. The van der Waals surface area contributed by atoms with Crippen LogP contribution in [0, 0.1) is 0 Å². The molecule has 0 fully saturated rings. The molecule has 1 heterocycles. The Hall–Kier alpha value is -3.97. The van der Waals surface area contributed by atoms with Crippen molar-refractivity contribution in [2.75, 3.05) is 11.9 Å². The zero-order chi connectivity index (χ0) is 21.5. The predicted molar refractivity (Wildman–Crippen MR) is 111 cm³/mol. The van der Waals surface area contributed by atoms with Gasteiger partial charge in [0, 0.05) is 17.5 Å². The van der Waals surface area contributed by atoms with Gasteiger partial charge in [-0.1, -0.05) is 47.6 Å². The standard InChI is InChI=1S/C21H21N5O4/c1-13(27)24-20-17(25-26-22)11-18(21(28)29)30-19(20)12-23-16-9-7-15(8-10-16)14-5-3-2-4-6-14/h2-11,17,19-20,23H,12H2,1H3,(H,24,27)(H,28,29)/t17-,19?,20-/m1/s1. The van der Waals surface area contributed by atoms with Crippen molar-refractivity contribution in [1.29, 1.82) is 0 Å². The number of carbonyl (C=O) groups is 2. The second kappa shape index (κ2) is 9.49. The van der Waals surface area contributed by atoms with E-state index in [0.29, 0.717) is 0 Å². The van der Waals surface area contributed by atoms with E-state index in [2.05, 4.69) is 20.7 Å². The average Bonchev–Trinajstić information content (AvgIpc) is 2.74. The first kappa shape index (κ1) is 20.8. The Morgan fingerprint density at radius 1 is 1.13 bits per heavy atom. The second-order valence-corrected chi connectivity index (χ2v) is 6.74. The molecule has 1 aliphatic heterocycles. The molecule has 3 rings (SSSR count). The SMILES string of the molecule is CC(=O)N[C@H]1C(CNc2ccc(-c3ccccc3)cc2)OC(C(=O)O)=C[C@H]1N=[N+]=[N-]. The molecular formula is C21H21N5O4. The van der Waals surface area contributed by atoms with Crippen molar-refractivity contribution in [3.63, 3.8) is 0 Å². The molecule has 0 aromatic heterocycles. The molecule has 2 aromatic rings. The maximum atomic E-state index is 11.6. The van der Waals surface area contributed by atoms with E-state index in [4.69, 9.17) is 10.3 Å². The van der Waals surface area contributed by atoms with Crippen LogP contribution >= 0.6 is 0 Å². The van der Waals surface area contributed by atoms with Gasteiger partial charge < -0.3 is 20.5 Å². The normalized spacial score (nSPS) is 20.2.